The number of para-hydroxylation sites is 1. The highest BCUT2D eigenvalue weighted by Gasteiger charge is 2.25. The quantitative estimate of drug-likeness (QED) is 0.271. The van der Waals surface area contributed by atoms with E-state index < -0.39 is 9.84 Å². The summed E-state index contributed by atoms with van der Waals surface area (Å²) < 4.78 is 26.3. The van der Waals surface area contributed by atoms with E-state index >= 15 is 0 Å². The number of hydrogen-bond donors (Lipinski definition) is 1. The first-order valence-electron chi connectivity index (χ1n) is 10.1. The third-order valence-corrected chi connectivity index (χ3v) is 7.67. The molecule has 2 rings (SSSR count). The first-order valence-corrected chi connectivity index (χ1v) is 12.9. The number of sulfone groups is 1. The third kappa shape index (κ3) is 7.39. The highest BCUT2D eigenvalue weighted by molar-refractivity contribution is 8.04. The van der Waals surface area contributed by atoms with Crippen molar-refractivity contribution in [1.82, 2.24) is 0 Å². The second kappa shape index (κ2) is 12.7. The molecule has 7 heteroatoms. The summed E-state index contributed by atoms with van der Waals surface area (Å²) in [7, 11) is -3.97. The monoisotopic (exact) mass is 462 g/mol. The van der Waals surface area contributed by atoms with Crippen LogP contribution < -0.4 is 5.32 Å². The molecule has 2 aromatic rings. The van der Waals surface area contributed by atoms with Crippen molar-refractivity contribution >= 4 is 38.9 Å². The van der Waals surface area contributed by atoms with Crippen LogP contribution in [0.3, 0.4) is 0 Å². The van der Waals surface area contributed by atoms with Gasteiger partial charge in [0.05, 0.1) is 4.90 Å². The molecule has 0 spiro atoms. The predicted octanol–water partition coefficient (Wildman–Crippen LogP) is 7.01. The van der Waals surface area contributed by atoms with Crippen LogP contribution in [0.2, 0.25) is 5.02 Å². The molecule has 4 nitrogen and oxygen atoms in total. The molecule has 0 aromatic heterocycles. The van der Waals surface area contributed by atoms with Crippen LogP contribution in [0.25, 0.3) is 0 Å². The number of allylic oxidation sites excluding steroid dienone is 1. The zero-order valence-electron chi connectivity index (χ0n) is 17.1. The number of nitrogens with zero attached hydrogens (tertiary/aromatic N) is 1. The van der Waals surface area contributed by atoms with Crippen LogP contribution in [0.4, 0.5) is 5.69 Å². The van der Waals surface area contributed by atoms with Crippen molar-refractivity contribution in [2.24, 2.45) is 0 Å². The van der Waals surface area contributed by atoms with Gasteiger partial charge in [-0.2, -0.15) is 5.26 Å². The Kier molecular flexibility index (Phi) is 10.3. The van der Waals surface area contributed by atoms with Gasteiger partial charge in [0, 0.05) is 10.7 Å². The van der Waals surface area contributed by atoms with Crippen LogP contribution in [0.15, 0.2) is 69.4 Å². The van der Waals surface area contributed by atoms with Crippen LogP contribution in [0.5, 0.6) is 0 Å². The molecular weight excluding hydrogens is 436 g/mol. The lowest BCUT2D eigenvalue weighted by Gasteiger charge is -2.14. The first-order chi connectivity index (χ1) is 14.5. The first kappa shape index (κ1) is 24.3. The van der Waals surface area contributed by atoms with Crippen molar-refractivity contribution in [3.63, 3.8) is 0 Å². The number of rotatable bonds is 12. The Morgan fingerprint density at radius 3 is 2.27 bits per heavy atom. The fourth-order valence-corrected chi connectivity index (χ4v) is 5.53. The summed E-state index contributed by atoms with van der Waals surface area (Å²) in [5, 5.41) is 13.7. The van der Waals surface area contributed by atoms with Gasteiger partial charge in [0.1, 0.15) is 11.1 Å². The Morgan fingerprint density at radius 1 is 1.00 bits per heavy atom. The molecule has 0 bridgehead atoms. The summed E-state index contributed by atoms with van der Waals surface area (Å²) in [5.41, 5.74) is 0.738. The van der Waals surface area contributed by atoms with E-state index in [4.69, 9.17) is 11.6 Å². The van der Waals surface area contributed by atoms with Gasteiger partial charge in [-0.15, -0.1) is 11.8 Å². The Hall–Kier alpha value is -1.94. The molecule has 0 aliphatic rings. The minimum Gasteiger partial charge on any atom is -0.349 e. The number of hydrogen-bond acceptors (Lipinski definition) is 5. The largest absolute Gasteiger partial charge is 0.349 e. The van der Waals surface area contributed by atoms with Gasteiger partial charge in [-0.05, 0) is 48.6 Å². The van der Waals surface area contributed by atoms with Crippen LogP contribution in [0, 0.1) is 11.3 Å². The molecule has 0 saturated heterocycles. The molecule has 160 valence electrons. The van der Waals surface area contributed by atoms with E-state index in [1.54, 1.807) is 0 Å². The maximum absolute atomic E-state index is 13.1. The van der Waals surface area contributed by atoms with Gasteiger partial charge >= 0.3 is 0 Å². The molecule has 0 atom stereocenters. The number of halogens is 1. The molecule has 0 aliphatic heterocycles. The Bertz CT molecular complexity index is 967. The Balaban J connectivity index is 2.25. The second-order valence-electron chi connectivity index (χ2n) is 6.83. The molecule has 0 saturated carbocycles. The molecule has 0 aliphatic carbocycles. The number of thioether (sulfide) groups is 1. The van der Waals surface area contributed by atoms with E-state index in [0.29, 0.717) is 10.1 Å². The van der Waals surface area contributed by atoms with Crippen LogP contribution in [-0.2, 0) is 9.84 Å². The van der Waals surface area contributed by atoms with Gasteiger partial charge in [-0.25, -0.2) is 8.42 Å². The summed E-state index contributed by atoms with van der Waals surface area (Å²) in [6.45, 7) is 2.19. The third-order valence-electron chi connectivity index (χ3n) is 4.48. The summed E-state index contributed by atoms with van der Waals surface area (Å²) in [4.78, 5) is -0.222. The number of nitriles is 1. The lowest BCUT2D eigenvalue weighted by molar-refractivity contribution is 0.603. The van der Waals surface area contributed by atoms with Gasteiger partial charge in [0.25, 0.3) is 0 Å². The van der Waals surface area contributed by atoms with Crippen molar-refractivity contribution in [3.8, 4) is 6.07 Å². The zero-order valence-corrected chi connectivity index (χ0v) is 19.5. The summed E-state index contributed by atoms with van der Waals surface area (Å²) in [6, 6.07) is 17.1. The minimum absolute atomic E-state index is 0.0518. The molecule has 0 heterocycles. The highest BCUT2D eigenvalue weighted by Crippen LogP contribution is 2.30. The summed E-state index contributed by atoms with van der Waals surface area (Å²) >= 11 is 7.26. The SMILES string of the molecule is CCCCCCCCS/C(Nc1ccccc1)=C(/C#N)S(=O)(=O)c1ccc(Cl)cc1. The number of nitrogens with one attached hydrogen (secondary N) is 1. The van der Waals surface area contributed by atoms with Gasteiger partial charge in [0.15, 0.2) is 4.91 Å². The van der Waals surface area contributed by atoms with Gasteiger partial charge in [-0.3, -0.25) is 0 Å². The van der Waals surface area contributed by atoms with E-state index in [1.165, 1.54) is 61.7 Å². The molecule has 0 amide bonds. The zero-order chi connectivity index (χ0) is 21.8. The Labute approximate surface area is 189 Å². The molecule has 0 unspecified atom stereocenters. The molecular formula is C23H27ClN2O2S2. The van der Waals surface area contributed by atoms with E-state index in [9.17, 15) is 13.7 Å². The van der Waals surface area contributed by atoms with Crippen molar-refractivity contribution in [2.45, 2.75) is 50.3 Å². The van der Waals surface area contributed by atoms with Crippen LogP contribution in [-0.4, -0.2) is 14.2 Å². The van der Waals surface area contributed by atoms with Crippen molar-refractivity contribution in [3.05, 3.63) is 69.6 Å². The van der Waals surface area contributed by atoms with Crippen molar-refractivity contribution < 1.29 is 8.42 Å². The highest BCUT2D eigenvalue weighted by atomic mass is 35.5. The summed E-state index contributed by atoms with van der Waals surface area (Å²) in [5.74, 6) is 0.739. The lowest BCUT2D eigenvalue weighted by atomic mass is 10.1. The van der Waals surface area contributed by atoms with Gasteiger partial charge in [-0.1, -0.05) is 68.8 Å². The number of anilines is 1. The topological polar surface area (TPSA) is 70.0 Å². The van der Waals surface area contributed by atoms with Crippen molar-refractivity contribution in [2.75, 3.05) is 11.1 Å². The number of unbranched alkanes of at least 4 members (excludes halogenated alkanes) is 5. The predicted molar refractivity (Wildman–Crippen MR) is 127 cm³/mol. The van der Waals surface area contributed by atoms with E-state index in [-0.39, 0.29) is 9.80 Å². The fraction of sp³-hybridized carbons (Fsp3) is 0.348. The standard InChI is InChI=1S/C23H27ClN2O2S2/c1-2-3-4-5-6-10-17-29-23(26-20-11-8-7-9-12-20)22(18-25)30(27,28)21-15-13-19(24)14-16-21/h7-9,11-16,26H,2-6,10,17H2,1H3/b23-22-. The normalized spacial score (nSPS) is 12.2. The van der Waals surface area contributed by atoms with Gasteiger partial charge < -0.3 is 5.32 Å². The second-order valence-corrected chi connectivity index (χ2v) is 10.3. The molecule has 0 fully saturated rings. The average Bonchev–Trinajstić information content (AvgIpc) is 2.74. The maximum atomic E-state index is 13.1. The molecule has 0 radical (unpaired) electrons. The van der Waals surface area contributed by atoms with E-state index in [2.05, 4.69) is 12.2 Å². The minimum atomic E-state index is -3.97. The summed E-state index contributed by atoms with van der Waals surface area (Å²) in [6.07, 6.45) is 6.91. The molecule has 2 aromatic carbocycles. The lowest BCUT2D eigenvalue weighted by Crippen LogP contribution is -2.10. The Morgan fingerprint density at radius 2 is 1.63 bits per heavy atom. The smallest absolute Gasteiger partial charge is 0.219 e. The molecule has 30 heavy (non-hydrogen) atoms. The van der Waals surface area contributed by atoms with Gasteiger partial charge in [0.2, 0.25) is 9.84 Å². The number of benzene rings is 2. The van der Waals surface area contributed by atoms with Crippen LogP contribution >= 0.6 is 23.4 Å². The fourth-order valence-electron chi connectivity index (χ4n) is 2.83. The van der Waals surface area contributed by atoms with Crippen molar-refractivity contribution in [1.29, 1.82) is 5.26 Å². The van der Waals surface area contributed by atoms with E-state index in [0.717, 1.165) is 24.3 Å². The molecule has 1 N–H and O–H groups in total. The van der Waals surface area contributed by atoms with E-state index in [1.807, 2.05) is 36.4 Å². The average molecular weight is 463 g/mol. The van der Waals surface area contributed by atoms with Crippen LogP contribution in [0.1, 0.15) is 45.4 Å². The maximum Gasteiger partial charge on any atom is 0.219 e.